The Kier molecular flexibility index (Phi) is 5.82. The van der Waals surface area contributed by atoms with E-state index in [1.54, 1.807) is 4.90 Å². The van der Waals surface area contributed by atoms with Crippen LogP contribution in [0.4, 0.5) is 5.69 Å². The first-order valence-electron chi connectivity index (χ1n) is 9.33. The van der Waals surface area contributed by atoms with Gasteiger partial charge in [-0.25, -0.2) is 0 Å². The second-order valence-electron chi connectivity index (χ2n) is 7.32. The van der Waals surface area contributed by atoms with Crippen molar-refractivity contribution in [3.8, 4) is 0 Å². The van der Waals surface area contributed by atoms with E-state index in [2.05, 4.69) is 0 Å². The first kappa shape index (κ1) is 19.4. The third-order valence-corrected chi connectivity index (χ3v) is 5.31. The first-order chi connectivity index (χ1) is 12.9. The minimum Gasteiger partial charge on any atom is -0.503 e. The minimum absolute atomic E-state index is 0.189. The van der Waals surface area contributed by atoms with Gasteiger partial charge < -0.3 is 24.5 Å². The molecule has 2 aliphatic heterocycles. The first-order valence-corrected chi connectivity index (χ1v) is 9.33. The van der Waals surface area contributed by atoms with Crippen LogP contribution >= 0.6 is 0 Å². The summed E-state index contributed by atoms with van der Waals surface area (Å²) in [6.07, 6.45) is 0. The standard InChI is InChI=1S/C20H27N3O4/c1-14(24)17-18(15-4-6-16(7-5-15)21(2)3)23(20(26)19(17)25)9-8-22-10-12-27-13-11-22/h4-7,18,25H,8-13H2,1-3H3/p+1/t18-/m0/s1. The Labute approximate surface area is 159 Å². The predicted octanol–water partition coefficient (Wildman–Crippen LogP) is -0.0479. The summed E-state index contributed by atoms with van der Waals surface area (Å²) >= 11 is 0. The van der Waals surface area contributed by atoms with Crippen molar-refractivity contribution < 1.29 is 24.3 Å². The number of anilines is 1. The topological polar surface area (TPSA) is 74.5 Å². The molecule has 27 heavy (non-hydrogen) atoms. The van der Waals surface area contributed by atoms with Gasteiger partial charge in [-0.15, -0.1) is 0 Å². The van der Waals surface area contributed by atoms with E-state index >= 15 is 0 Å². The number of hydrogen-bond donors (Lipinski definition) is 2. The van der Waals surface area contributed by atoms with Gasteiger partial charge in [0.2, 0.25) is 0 Å². The molecular weight excluding hydrogens is 346 g/mol. The van der Waals surface area contributed by atoms with Gasteiger partial charge in [-0.05, 0) is 24.6 Å². The molecule has 1 aromatic carbocycles. The Morgan fingerprint density at radius 1 is 1.26 bits per heavy atom. The van der Waals surface area contributed by atoms with Crippen molar-refractivity contribution in [1.29, 1.82) is 0 Å². The van der Waals surface area contributed by atoms with Crippen LogP contribution in [0.3, 0.4) is 0 Å². The average molecular weight is 374 g/mol. The Balaban J connectivity index is 1.86. The molecule has 0 saturated carbocycles. The molecule has 0 unspecified atom stereocenters. The summed E-state index contributed by atoms with van der Waals surface area (Å²) in [5.41, 5.74) is 2.06. The number of rotatable bonds is 6. The number of ether oxygens (including phenoxy) is 1. The normalized spacial score (nSPS) is 21.1. The van der Waals surface area contributed by atoms with Crippen LogP contribution in [0.15, 0.2) is 35.6 Å². The molecule has 2 aliphatic rings. The van der Waals surface area contributed by atoms with Crippen molar-refractivity contribution in [2.75, 3.05) is 58.4 Å². The Morgan fingerprint density at radius 2 is 1.89 bits per heavy atom. The van der Waals surface area contributed by atoms with Gasteiger partial charge in [0.15, 0.2) is 11.5 Å². The molecular formula is C20H28N3O4+. The molecule has 2 N–H and O–H groups in total. The summed E-state index contributed by atoms with van der Waals surface area (Å²) < 4.78 is 5.38. The number of morpholine rings is 1. The predicted molar refractivity (Wildman–Crippen MR) is 102 cm³/mol. The van der Waals surface area contributed by atoms with Gasteiger partial charge in [-0.2, -0.15) is 0 Å². The monoisotopic (exact) mass is 374 g/mol. The van der Waals surface area contributed by atoms with E-state index in [-0.39, 0.29) is 11.4 Å². The smallest absolute Gasteiger partial charge is 0.290 e. The lowest BCUT2D eigenvalue weighted by Crippen LogP contribution is -3.14. The third kappa shape index (κ3) is 3.99. The number of carbonyl (C=O) groups excluding carboxylic acids is 2. The molecule has 2 heterocycles. The van der Waals surface area contributed by atoms with E-state index < -0.39 is 17.7 Å². The molecule has 1 saturated heterocycles. The SMILES string of the molecule is CC(=O)C1=C(O)C(=O)N(CC[NH+]2CCOCC2)[C@H]1c1ccc(N(C)C)cc1. The number of aliphatic hydroxyl groups excluding tert-OH is 1. The number of carbonyl (C=O) groups is 2. The number of ketones is 1. The number of amides is 1. The number of aliphatic hydroxyl groups is 1. The molecule has 1 aromatic rings. The van der Waals surface area contributed by atoms with Gasteiger partial charge in [0, 0.05) is 19.8 Å². The molecule has 7 heteroatoms. The lowest BCUT2D eigenvalue weighted by Gasteiger charge is -2.30. The number of nitrogens with one attached hydrogen (secondary N) is 1. The highest BCUT2D eigenvalue weighted by molar-refractivity contribution is 6.08. The Morgan fingerprint density at radius 3 is 2.44 bits per heavy atom. The molecule has 0 aromatic heterocycles. The summed E-state index contributed by atoms with van der Waals surface area (Å²) in [5.74, 6) is -1.15. The van der Waals surface area contributed by atoms with Crippen LogP contribution in [0.2, 0.25) is 0 Å². The maximum atomic E-state index is 12.7. The number of quaternary nitrogens is 1. The van der Waals surface area contributed by atoms with Gasteiger partial charge in [0.25, 0.3) is 5.91 Å². The number of benzene rings is 1. The molecule has 0 radical (unpaired) electrons. The maximum Gasteiger partial charge on any atom is 0.290 e. The number of hydrogen-bond acceptors (Lipinski definition) is 5. The van der Waals surface area contributed by atoms with Gasteiger partial charge in [0.1, 0.15) is 13.1 Å². The zero-order valence-electron chi connectivity index (χ0n) is 16.2. The molecule has 0 bridgehead atoms. The van der Waals surface area contributed by atoms with Crippen LogP contribution in [0, 0.1) is 0 Å². The van der Waals surface area contributed by atoms with E-state index in [0.29, 0.717) is 6.54 Å². The highest BCUT2D eigenvalue weighted by Crippen LogP contribution is 2.37. The van der Waals surface area contributed by atoms with Crippen LogP contribution in [-0.4, -0.2) is 75.2 Å². The lowest BCUT2D eigenvalue weighted by atomic mass is 9.96. The van der Waals surface area contributed by atoms with E-state index in [4.69, 9.17) is 4.74 Å². The second-order valence-corrected chi connectivity index (χ2v) is 7.32. The van der Waals surface area contributed by atoms with Crippen molar-refractivity contribution in [2.24, 2.45) is 0 Å². The average Bonchev–Trinajstić information content (AvgIpc) is 2.92. The van der Waals surface area contributed by atoms with Crippen LogP contribution < -0.4 is 9.80 Å². The van der Waals surface area contributed by atoms with E-state index in [1.807, 2.05) is 43.3 Å². The molecule has 7 nitrogen and oxygen atoms in total. The van der Waals surface area contributed by atoms with Crippen molar-refractivity contribution in [1.82, 2.24) is 4.90 Å². The molecule has 0 aliphatic carbocycles. The van der Waals surface area contributed by atoms with Crippen molar-refractivity contribution in [2.45, 2.75) is 13.0 Å². The highest BCUT2D eigenvalue weighted by Gasteiger charge is 2.42. The zero-order valence-corrected chi connectivity index (χ0v) is 16.2. The van der Waals surface area contributed by atoms with Gasteiger partial charge in [-0.3, -0.25) is 9.59 Å². The van der Waals surface area contributed by atoms with Crippen LogP contribution in [0.1, 0.15) is 18.5 Å². The summed E-state index contributed by atoms with van der Waals surface area (Å²) in [4.78, 5) is 29.8. The third-order valence-electron chi connectivity index (χ3n) is 5.31. The number of nitrogens with zero attached hydrogens (tertiary/aromatic N) is 2. The minimum atomic E-state index is -0.536. The highest BCUT2D eigenvalue weighted by atomic mass is 16.5. The van der Waals surface area contributed by atoms with Gasteiger partial charge in [0.05, 0.1) is 37.9 Å². The van der Waals surface area contributed by atoms with Gasteiger partial charge in [-0.1, -0.05) is 12.1 Å². The van der Waals surface area contributed by atoms with E-state index in [9.17, 15) is 14.7 Å². The lowest BCUT2D eigenvalue weighted by molar-refractivity contribution is -0.907. The summed E-state index contributed by atoms with van der Waals surface area (Å²) in [5, 5.41) is 10.3. The van der Waals surface area contributed by atoms with Crippen molar-refractivity contribution in [3.63, 3.8) is 0 Å². The molecule has 1 amide bonds. The Hall–Kier alpha value is -2.38. The fourth-order valence-corrected chi connectivity index (χ4v) is 3.73. The molecule has 3 rings (SSSR count). The van der Waals surface area contributed by atoms with Gasteiger partial charge >= 0.3 is 0 Å². The molecule has 0 spiro atoms. The maximum absolute atomic E-state index is 12.7. The number of Topliss-reactive ketones (excluding diaryl/α,β-unsaturated/α-hetero) is 1. The van der Waals surface area contributed by atoms with Crippen LogP contribution in [0.5, 0.6) is 0 Å². The quantitative estimate of drug-likeness (QED) is 0.731. The molecule has 1 atom stereocenters. The van der Waals surface area contributed by atoms with E-state index in [1.165, 1.54) is 11.8 Å². The summed E-state index contributed by atoms with van der Waals surface area (Å²) in [6, 6.07) is 7.22. The molecule has 146 valence electrons. The summed E-state index contributed by atoms with van der Waals surface area (Å²) in [6.45, 7) is 5.90. The fraction of sp³-hybridized carbons (Fsp3) is 0.500. The largest absolute Gasteiger partial charge is 0.503 e. The Bertz CT molecular complexity index is 736. The van der Waals surface area contributed by atoms with Crippen molar-refractivity contribution >= 4 is 17.4 Å². The zero-order chi connectivity index (χ0) is 19.6. The second kappa shape index (κ2) is 8.10. The van der Waals surface area contributed by atoms with E-state index in [0.717, 1.165) is 44.1 Å². The van der Waals surface area contributed by atoms with Crippen molar-refractivity contribution in [3.05, 3.63) is 41.2 Å². The fourth-order valence-electron chi connectivity index (χ4n) is 3.73. The molecule has 1 fully saturated rings. The van der Waals surface area contributed by atoms with Crippen LogP contribution in [-0.2, 0) is 14.3 Å². The summed E-state index contributed by atoms with van der Waals surface area (Å²) in [7, 11) is 3.91. The van der Waals surface area contributed by atoms with Crippen LogP contribution in [0.25, 0.3) is 0 Å².